The Hall–Kier alpha value is -1.60. The van der Waals surface area contributed by atoms with Crippen molar-refractivity contribution in [2.24, 2.45) is 5.73 Å². The Kier molecular flexibility index (Phi) is 4.58. The van der Waals surface area contributed by atoms with E-state index in [-0.39, 0.29) is 6.04 Å². The van der Waals surface area contributed by atoms with E-state index in [0.717, 1.165) is 18.7 Å². The number of hydrogen-bond donors (Lipinski definition) is 2. The van der Waals surface area contributed by atoms with Gasteiger partial charge in [-0.1, -0.05) is 19.4 Å². The second-order valence-corrected chi connectivity index (χ2v) is 3.39. The van der Waals surface area contributed by atoms with Crippen molar-refractivity contribution >= 4 is 5.82 Å². The van der Waals surface area contributed by atoms with Crippen molar-refractivity contribution < 1.29 is 0 Å². The number of aromatic nitrogens is 1. The maximum atomic E-state index is 8.69. The topological polar surface area (TPSA) is 74.7 Å². The van der Waals surface area contributed by atoms with Crippen LogP contribution in [0.4, 0.5) is 5.82 Å². The second-order valence-electron chi connectivity index (χ2n) is 3.39. The molecule has 4 heteroatoms. The molecule has 1 aromatic rings. The van der Waals surface area contributed by atoms with Gasteiger partial charge in [0.2, 0.25) is 0 Å². The van der Waals surface area contributed by atoms with Crippen LogP contribution in [0, 0.1) is 11.3 Å². The first-order chi connectivity index (χ1) is 7.30. The molecule has 0 amide bonds. The Bertz CT molecular complexity index is 343. The fraction of sp³-hybridized carbons (Fsp3) is 0.455. The molecule has 0 bridgehead atoms. The Morgan fingerprint density at radius 3 is 3.00 bits per heavy atom. The third-order valence-corrected chi connectivity index (χ3v) is 2.14. The molecular formula is C11H16N4. The maximum Gasteiger partial charge on any atom is 0.142 e. The molecule has 3 N–H and O–H groups in total. The van der Waals surface area contributed by atoms with Gasteiger partial charge in [-0.25, -0.2) is 4.98 Å². The predicted octanol–water partition coefficient (Wildman–Crippen LogP) is 1.49. The first kappa shape index (κ1) is 11.5. The summed E-state index contributed by atoms with van der Waals surface area (Å²) in [4.78, 5) is 4.13. The summed E-state index contributed by atoms with van der Waals surface area (Å²) in [6.07, 6.45) is 2.09. The number of nitrogens with zero attached hydrogens (tertiary/aromatic N) is 2. The minimum Gasteiger partial charge on any atom is -0.366 e. The van der Waals surface area contributed by atoms with Gasteiger partial charge < -0.3 is 11.1 Å². The van der Waals surface area contributed by atoms with Gasteiger partial charge in [-0.05, 0) is 18.6 Å². The van der Waals surface area contributed by atoms with Gasteiger partial charge in [0.1, 0.15) is 17.6 Å². The van der Waals surface area contributed by atoms with E-state index in [1.807, 2.05) is 18.2 Å². The zero-order valence-electron chi connectivity index (χ0n) is 8.90. The summed E-state index contributed by atoms with van der Waals surface area (Å²) in [5.41, 5.74) is 6.05. The lowest BCUT2D eigenvalue weighted by molar-refractivity contribution is 0.646. The van der Waals surface area contributed by atoms with Gasteiger partial charge in [0, 0.05) is 12.6 Å². The Morgan fingerprint density at radius 1 is 1.60 bits per heavy atom. The standard InChI is InChI=1S/C11H16N4/c1-2-4-9(7-12)14-11-6-3-5-10(8-13)15-11/h3,5-6,9H,2,4,7,12H2,1H3,(H,14,15). The van der Waals surface area contributed by atoms with Crippen LogP contribution in [0.2, 0.25) is 0 Å². The molecule has 0 saturated carbocycles. The third kappa shape index (κ3) is 3.56. The Morgan fingerprint density at radius 2 is 2.40 bits per heavy atom. The van der Waals surface area contributed by atoms with Gasteiger partial charge in [0.25, 0.3) is 0 Å². The monoisotopic (exact) mass is 204 g/mol. The van der Waals surface area contributed by atoms with Crippen LogP contribution in [0.25, 0.3) is 0 Å². The highest BCUT2D eigenvalue weighted by Gasteiger charge is 2.05. The minimum atomic E-state index is 0.233. The van der Waals surface area contributed by atoms with Crippen LogP contribution in [0.1, 0.15) is 25.5 Å². The highest BCUT2D eigenvalue weighted by molar-refractivity contribution is 5.39. The van der Waals surface area contributed by atoms with E-state index in [4.69, 9.17) is 11.0 Å². The van der Waals surface area contributed by atoms with Crippen LogP contribution in [0.15, 0.2) is 18.2 Å². The molecule has 0 aliphatic heterocycles. The van der Waals surface area contributed by atoms with Crippen molar-refractivity contribution in [1.82, 2.24) is 4.98 Å². The molecule has 0 aliphatic carbocycles. The number of pyridine rings is 1. The summed E-state index contributed by atoms with van der Waals surface area (Å²) in [6.45, 7) is 2.69. The van der Waals surface area contributed by atoms with Crippen LogP contribution in [-0.4, -0.2) is 17.6 Å². The van der Waals surface area contributed by atoms with E-state index in [1.54, 1.807) is 6.07 Å². The lowest BCUT2D eigenvalue weighted by Gasteiger charge is -2.16. The summed E-state index contributed by atoms with van der Waals surface area (Å²) in [6, 6.07) is 7.58. The number of nitrogens with one attached hydrogen (secondary N) is 1. The molecule has 0 aliphatic rings. The Labute approximate surface area is 90.1 Å². The lowest BCUT2D eigenvalue weighted by atomic mass is 10.1. The van der Waals surface area contributed by atoms with Crippen LogP contribution >= 0.6 is 0 Å². The average Bonchev–Trinajstić information content (AvgIpc) is 2.29. The molecule has 1 heterocycles. The average molecular weight is 204 g/mol. The van der Waals surface area contributed by atoms with E-state index in [9.17, 15) is 0 Å². The highest BCUT2D eigenvalue weighted by atomic mass is 15.0. The molecule has 0 fully saturated rings. The second kappa shape index (κ2) is 5.99. The SMILES string of the molecule is CCCC(CN)Nc1cccc(C#N)n1. The van der Waals surface area contributed by atoms with Crippen molar-refractivity contribution in [2.45, 2.75) is 25.8 Å². The molecule has 0 saturated heterocycles. The van der Waals surface area contributed by atoms with E-state index in [1.165, 1.54) is 0 Å². The summed E-state index contributed by atoms with van der Waals surface area (Å²) in [7, 11) is 0. The molecule has 4 nitrogen and oxygen atoms in total. The summed E-state index contributed by atoms with van der Waals surface area (Å²) >= 11 is 0. The van der Waals surface area contributed by atoms with Crippen LogP contribution in [-0.2, 0) is 0 Å². The van der Waals surface area contributed by atoms with Crippen molar-refractivity contribution in [3.05, 3.63) is 23.9 Å². The van der Waals surface area contributed by atoms with Crippen LogP contribution < -0.4 is 11.1 Å². The molecule has 1 aromatic heterocycles. The number of nitrogens with two attached hydrogens (primary N) is 1. The van der Waals surface area contributed by atoms with Gasteiger partial charge in [0.15, 0.2) is 0 Å². The van der Waals surface area contributed by atoms with Crippen LogP contribution in [0.3, 0.4) is 0 Å². The molecule has 1 rings (SSSR count). The highest BCUT2D eigenvalue weighted by Crippen LogP contribution is 2.08. The van der Waals surface area contributed by atoms with E-state index >= 15 is 0 Å². The zero-order valence-corrected chi connectivity index (χ0v) is 8.90. The quantitative estimate of drug-likeness (QED) is 0.762. The van der Waals surface area contributed by atoms with Gasteiger partial charge >= 0.3 is 0 Å². The smallest absolute Gasteiger partial charge is 0.142 e. The third-order valence-electron chi connectivity index (χ3n) is 2.14. The molecule has 1 atom stereocenters. The molecule has 1 unspecified atom stereocenters. The van der Waals surface area contributed by atoms with Gasteiger partial charge in [-0.15, -0.1) is 0 Å². The summed E-state index contributed by atoms with van der Waals surface area (Å²) in [5.74, 6) is 0.720. The molecule has 0 aromatic carbocycles. The molecule has 15 heavy (non-hydrogen) atoms. The number of anilines is 1. The van der Waals surface area contributed by atoms with Crippen molar-refractivity contribution in [1.29, 1.82) is 5.26 Å². The number of hydrogen-bond acceptors (Lipinski definition) is 4. The molecule has 0 radical (unpaired) electrons. The Balaban J connectivity index is 2.66. The van der Waals surface area contributed by atoms with Gasteiger partial charge in [-0.2, -0.15) is 5.26 Å². The largest absolute Gasteiger partial charge is 0.366 e. The van der Waals surface area contributed by atoms with Gasteiger partial charge in [0.05, 0.1) is 0 Å². The lowest BCUT2D eigenvalue weighted by Crippen LogP contribution is -2.29. The minimum absolute atomic E-state index is 0.233. The first-order valence-corrected chi connectivity index (χ1v) is 5.14. The fourth-order valence-corrected chi connectivity index (χ4v) is 1.38. The van der Waals surface area contributed by atoms with Crippen molar-refractivity contribution in [3.8, 4) is 6.07 Å². The number of rotatable bonds is 5. The predicted molar refractivity (Wildman–Crippen MR) is 60.3 cm³/mol. The molecular weight excluding hydrogens is 188 g/mol. The van der Waals surface area contributed by atoms with Gasteiger partial charge in [-0.3, -0.25) is 0 Å². The van der Waals surface area contributed by atoms with Crippen molar-refractivity contribution in [2.75, 3.05) is 11.9 Å². The molecule has 80 valence electrons. The number of nitriles is 1. The first-order valence-electron chi connectivity index (χ1n) is 5.14. The molecule has 0 spiro atoms. The summed E-state index contributed by atoms with van der Waals surface area (Å²) < 4.78 is 0. The maximum absolute atomic E-state index is 8.69. The normalized spacial score (nSPS) is 11.8. The van der Waals surface area contributed by atoms with E-state index in [0.29, 0.717) is 12.2 Å². The van der Waals surface area contributed by atoms with E-state index < -0.39 is 0 Å². The van der Waals surface area contributed by atoms with Crippen molar-refractivity contribution in [3.63, 3.8) is 0 Å². The van der Waals surface area contributed by atoms with Crippen LogP contribution in [0.5, 0.6) is 0 Å². The zero-order chi connectivity index (χ0) is 11.1. The summed E-state index contributed by atoms with van der Waals surface area (Å²) in [5, 5.41) is 11.9. The van der Waals surface area contributed by atoms with E-state index in [2.05, 4.69) is 17.2 Å². The fourth-order valence-electron chi connectivity index (χ4n) is 1.38.